The van der Waals surface area contributed by atoms with Crippen LogP contribution in [0.4, 0.5) is 0 Å². The molecule has 0 fully saturated rings. The molecule has 1 aliphatic rings. The second-order valence-corrected chi connectivity index (χ2v) is 11.5. The molecule has 0 amide bonds. The van der Waals surface area contributed by atoms with Gasteiger partial charge in [0.15, 0.2) is 0 Å². The molecule has 0 spiro atoms. The van der Waals surface area contributed by atoms with E-state index in [0.29, 0.717) is 0 Å². The van der Waals surface area contributed by atoms with Crippen molar-refractivity contribution < 1.29 is 23.6 Å². The van der Waals surface area contributed by atoms with E-state index in [-0.39, 0.29) is 19.3 Å². The van der Waals surface area contributed by atoms with Gasteiger partial charge in [-0.1, -0.05) is 0 Å². The summed E-state index contributed by atoms with van der Waals surface area (Å²) in [6.45, 7) is 4.88. The summed E-state index contributed by atoms with van der Waals surface area (Å²) in [4.78, 5) is 35.2. The maximum atomic E-state index is 11.7. The number of carbonyl (C=O) groups excluding carboxylic acids is 3. The molecule has 0 aromatic rings. The van der Waals surface area contributed by atoms with Gasteiger partial charge in [-0.25, -0.2) is 0 Å². The summed E-state index contributed by atoms with van der Waals surface area (Å²) in [6, 6.07) is 0. The van der Waals surface area contributed by atoms with Gasteiger partial charge in [0.25, 0.3) is 0 Å². The van der Waals surface area contributed by atoms with Gasteiger partial charge in [0, 0.05) is 0 Å². The zero-order valence-corrected chi connectivity index (χ0v) is 15.3. The monoisotopic (exact) mass is 404 g/mol. The minimum absolute atomic E-state index is 0.117. The van der Waals surface area contributed by atoms with Gasteiger partial charge < -0.3 is 0 Å². The van der Waals surface area contributed by atoms with Crippen LogP contribution < -0.4 is 0 Å². The minimum atomic E-state index is -4.74. The van der Waals surface area contributed by atoms with Crippen LogP contribution in [-0.4, -0.2) is 37.5 Å². The van der Waals surface area contributed by atoms with E-state index in [9.17, 15) is 14.4 Å². The molecule has 0 saturated heterocycles. The topological polar surface area (TPSA) is 78.9 Å². The molecular formula is C14H20O6Sn. The fourth-order valence-electron chi connectivity index (χ4n) is 1.63. The van der Waals surface area contributed by atoms with Crippen molar-refractivity contribution in [3.63, 3.8) is 0 Å². The Morgan fingerprint density at radius 2 is 1.14 bits per heavy atom. The van der Waals surface area contributed by atoms with E-state index in [2.05, 4.69) is 0 Å². The van der Waals surface area contributed by atoms with Crippen LogP contribution in [0, 0.1) is 0 Å². The zero-order valence-electron chi connectivity index (χ0n) is 12.5. The molecule has 0 atom stereocenters. The van der Waals surface area contributed by atoms with Gasteiger partial charge in [0.2, 0.25) is 0 Å². The summed E-state index contributed by atoms with van der Waals surface area (Å²) in [5, 5.41) is 0. The Labute approximate surface area is 129 Å². The summed E-state index contributed by atoms with van der Waals surface area (Å²) in [5.74, 6) is -1.60. The molecule has 1 rings (SSSR count). The summed E-state index contributed by atoms with van der Waals surface area (Å²) < 4.78 is 15.7. The molecule has 0 N–H and O–H groups in total. The normalized spacial score (nSPS) is 14.0. The van der Waals surface area contributed by atoms with E-state index in [1.807, 2.05) is 0 Å². The third kappa shape index (κ3) is 4.87. The molecule has 21 heavy (non-hydrogen) atoms. The van der Waals surface area contributed by atoms with E-state index in [4.69, 9.17) is 9.22 Å². The van der Waals surface area contributed by atoms with Crippen LogP contribution in [0.25, 0.3) is 0 Å². The van der Waals surface area contributed by atoms with Crippen molar-refractivity contribution >= 4 is 37.5 Å². The molecule has 0 aliphatic heterocycles. The fraction of sp³-hybridized carbons (Fsp3) is 0.500. The van der Waals surface area contributed by atoms with Gasteiger partial charge in [0.1, 0.15) is 0 Å². The molecule has 7 heteroatoms. The first-order valence-electron chi connectivity index (χ1n) is 6.97. The fourth-order valence-corrected chi connectivity index (χ4v) is 9.08. The Morgan fingerprint density at radius 1 is 0.810 bits per heavy atom. The first-order chi connectivity index (χ1) is 9.97. The van der Waals surface area contributed by atoms with Crippen LogP contribution in [0.5, 0.6) is 0 Å². The van der Waals surface area contributed by atoms with Crippen LogP contribution in [-0.2, 0) is 23.6 Å². The van der Waals surface area contributed by atoms with Gasteiger partial charge >= 0.3 is 129 Å². The van der Waals surface area contributed by atoms with E-state index in [0.717, 1.165) is 0 Å². The first-order valence-corrected chi connectivity index (χ1v) is 12.1. The molecule has 0 unspecified atom stereocenters. The molecule has 0 saturated carbocycles. The number of hydrogen-bond acceptors (Lipinski definition) is 6. The Morgan fingerprint density at radius 3 is 1.43 bits per heavy atom. The molecule has 0 bridgehead atoms. The number of allylic oxidation sites excluding steroid dienone is 4. The number of carbonyl (C=O) groups is 3. The van der Waals surface area contributed by atoms with Crippen LogP contribution >= 0.6 is 0 Å². The van der Waals surface area contributed by atoms with E-state index in [1.165, 1.54) is 0 Å². The standard InChI is InChI=1S/C5H5.3C3H6O2.Sn/c1-2-4-5-3-1;3*1-2-3(4)5;/h1-5H;3*2H2,1H3,(H,4,5);/q;;;;+3/p-3. The van der Waals surface area contributed by atoms with Crippen molar-refractivity contribution in [3.05, 3.63) is 24.3 Å². The molecule has 0 heterocycles. The molecule has 0 radical (unpaired) electrons. The van der Waals surface area contributed by atoms with Gasteiger partial charge in [-0.2, -0.15) is 0 Å². The quantitative estimate of drug-likeness (QED) is 0.608. The third-order valence-corrected chi connectivity index (χ3v) is 10.6. The predicted molar refractivity (Wildman–Crippen MR) is 76.9 cm³/mol. The predicted octanol–water partition coefficient (Wildman–Crippen LogP) is 2.28. The summed E-state index contributed by atoms with van der Waals surface area (Å²) in [5.41, 5.74) is 0. The number of hydrogen-bond donors (Lipinski definition) is 0. The molecule has 0 aromatic carbocycles. The van der Waals surface area contributed by atoms with Crippen molar-refractivity contribution in [2.24, 2.45) is 0 Å². The SMILES string of the molecule is CCC(=O)[O][Sn]([O]C(=O)CC)([O]C(=O)CC)[CH]1C=CC=C1. The second kappa shape index (κ2) is 8.21. The van der Waals surface area contributed by atoms with Crippen LogP contribution in [0.1, 0.15) is 40.0 Å². The van der Waals surface area contributed by atoms with E-state index < -0.39 is 41.5 Å². The first kappa shape index (κ1) is 17.7. The van der Waals surface area contributed by atoms with Gasteiger partial charge in [-0.15, -0.1) is 0 Å². The molecule has 6 nitrogen and oxygen atoms in total. The maximum absolute atomic E-state index is 11.7. The Hall–Kier alpha value is -1.31. The third-order valence-electron chi connectivity index (χ3n) is 2.79. The summed E-state index contributed by atoms with van der Waals surface area (Å²) >= 11 is -4.74. The van der Waals surface area contributed by atoms with E-state index >= 15 is 0 Å². The van der Waals surface area contributed by atoms with Crippen molar-refractivity contribution in [2.75, 3.05) is 0 Å². The van der Waals surface area contributed by atoms with Crippen molar-refractivity contribution in [2.45, 2.75) is 44.0 Å². The average molecular weight is 403 g/mol. The molecule has 0 aromatic heterocycles. The number of rotatable bonds is 7. The average Bonchev–Trinajstić information content (AvgIpc) is 3.01. The van der Waals surface area contributed by atoms with Crippen LogP contribution in [0.15, 0.2) is 24.3 Å². The second-order valence-electron chi connectivity index (χ2n) is 4.38. The van der Waals surface area contributed by atoms with Crippen molar-refractivity contribution in [1.29, 1.82) is 0 Å². The molecular weight excluding hydrogens is 383 g/mol. The van der Waals surface area contributed by atoms with Crippen molar-refractivity contribution in [1.82, 2.24) is 0 Å². The van der Waals surface area contributed by atoms with Crippen LogP contribution in [0.2, 0.25) is 3.93 Å². The Balaban J connectivity index is 3.13. The van der Waals surface area contributed by atoms with Gasteiger partial charge in [-0.05, 0) is 0 Å². The Bertz CT molecular complexity index is 411. The molecule has 116 valence electrons. The summed E-state index contributed by atoms with van der Waals surface area (Å²) in [6.07, 6.45) is 7.30. The van der Waals surface area contributed by atoms with Crippen molar-refractivity contribution in [3.8, 4) is 0 Å². The van der Waals surface area contributed by atoms with Gasteiger partial charge in [-0.3, -0.25) is 0 Å². The van der Waals surface area contributed by atoms with Crippen LogP contribution in [0.3, 0.4) is 0 Å². The van der Waals surface area contributed by atoms with Gasteiger partial charge in [0.05, 0.1) is 0 Å². The Kier molecular flexibility index (Phi) is 6.93. The summed E-state index contributed by atoms with van der Waals surface area (Å²) in [7, 11) is 0. The van der Waals surface area contributed by atoms with E-state index in [1.54, 1.807) is 45.1 Å². The zero-order chi connectivity index (χ0) is 15.9. The molecule has 1 aliphatic carbocycles.